The zero-order chi connectivity index (χ0) is 20.2. The second kappa shape index (κ2) is 5.95. The number of carbonyl (C=O) groups is 3. The van der Waals surface area contributed by atoms with Crippen LogP contribution in [0.4, 0.5) is 10.5 Å². The van der Waals surface area contributed by atoms with Crippen molar-refractivity contribution in [1.82, 2.24) is 4.90 Å². The van der Waals surface area contributed by atoms with Crippen molar-refractivity contribution in [3.8, 4) is 0 Å². The maximum atomic E-state index is 13.3. The van der Waals surface area contributed by atoms with Gasteiger partial charge in [-0.15, -0.1) is 0 Å². The molecule has 1 spiro atoms. The van der Waals surface area contributed by atoms with Gasteiger partial charge in [-0.1, -0.05) is 12.1 Å². The molecule has 0 aliphatic carbocycles. The number of ether oxygens (including phenoxy) is 1. The van der Waals surface area contributed by atoms with Gasteiger partial charge in [0, 0.05) is 6.42 Å². The molecule has 3 rings (SSSR count). The van der Waals surface area contributed by atoms with Crippen LogP contribution < -0.4 is 11.1 Å². The molecule has 3 N–H and O–H groups in total. The highest BCUT2D eigenvalue weighted by molar-refractivity contribution is 7.94. The molecule has 9 nitrogen and oxygen atoms in total. The van der Waals surface area contributed by atoms with Gasteiger partial charge in [0.25, 0.3) is 0 Å². The van der Waals surface area contributed by atoms with E-state index in [-0.39, 0.29) is 10.6 Å². The highest BCUT2D eigenvalue weighted by Gasteiger charge is 2.63. The van der Waals surface area contributed by atoms with Gasteiger partial charge < -0.3 is 15.8 Å². The summed E-state index contributed by atoms with van der Waals surface area (Å²) in [6.07, 6.45) is -1.32. The van der Waals surface area contributed by atoms with Gasteiger partial charge in [0.1, 0.15) is 11.6 Å². The third-order valence-corrected chi connectivity index (χ3v) is 7.08. The molecule has 2 aliphatic rings. The summed E-state index contributed by atoms with van der Waals surface area (Å²) in [6, 6.07) is 4.71. The van der Waals surface area contributed by atoms with Crippen LogP contribution in [0.1, 0.15) is 27.2 Å². The van der Waals surface area contributed by atoms with Crippen LogP contribution in [-0.2, 0) is 24.2 Å². The van der Waals surface area contributed by atoms with E-state index in [1.807, 2.05) is 0 Å². The highest BCUT2D eigenvalue weighted by atomic mass is 32.2. The van der Waals surface area contributed by atoms with E-state index < -0.39 is 57.1 Å². The third-order valence-electron chi connectivity index (χ3n) is 4.63. The number of nitrogens with two attached hydrogens (primary N) is 1. The molecule has 0 radical (unpaired) electrons. The first kappa shape index (κ1) is 19.2. The lowest BCUT2D eigenvalue weighted by atomic mass is 10.0. The maximum Gasteiger partial charge on any atom is 0.411 e. The minimum absolute atomic E-state index is 0.0566. The molecule has 0 bridgehead atoms. The number of hydrogen-bond donors (Lipinski definition) is 2. The molecule has 1 fully saturated rings. The van der Waals surface area contributed by atoms with Crippen molar-refractivity contribution < 1.29 is 27.5 Å². The summed E-state index contributed by atoms with van der Waals surface area (Å²) in [6.45, 7) is 4.39. The van der Waals surface area contributed by atoms with Gasteiger partial charge in [0.05, 0.1) is 17.1 Å². The number of benzene rings is 1. The van der Waals surface area contributed by atoms with Crippen LogP contribution in [0.25, 0.3) is 0 Å². The fraction of sp³-hybridized carbons (Fsp3) is 0.471. The molecule has 0 unspecified atom stereocenters. The number of primary amides is 1. The Bertz CT molecular complexity index is 936. The van der Waals surface area contributed by atoms with Gasteiger partial charge in [-0.25, -0.2) is 13.2 Å². The summed E-state index contributed by atoms with van der Waals surface area (Å²) in [4.78, 5) is 38.1. The molecular weight excluding hydrogens is 374 g/mol. The molecular formula is C17H21N3O6S. The Labute approximate surface area is 156 Å². The lowest BCUT2D eigenvalue weighted by molar-refractivity contribution is -0.122. The second-order valence-corrected chi connectivity index (χ2v) is 9.91. The Hall–Kier alpha value is -2.62. The molecule has 27 heavy (non-hydrogen) atoms. The van der Waals surface area contributed by atoms with E-state index in [0.717, 1.165) is 4.90 Å². The fourth-order valence-corrected chi connectivity index (χ4v) is 5.44. The van der Waals surface area contributed by atoms with Crippen molar-refractivity contribution in [2.24, 2.45) is 5.73 Å². The first-order chi connectivity index (χ1) is 12.4. The lowest BCUT2D eigenvalue weighted by Crippen LogP contribution is -2.55. The van der Waals surface area contributed by atoms with Crippen molar-refractivity contribution in [2.75, 3.05) is 11.9 Å². The van der Waals surface area contributed by atoms with Crippen LogP contribution in [0.15, 0.2) is 29.2 Å². The minimum atomic E-state index is -4.18. The Morgan fingerprint density at radius 3 is 2.52 bits per heavy atom. The zero-order valence-corrected chi connectivity index (χ0v) is 16.0. The van der Waals surface area contributed by atoms with Crippen molar-refractivity contribution in [3.63, 3.8) is 0 Å². The summed E-state index contributed by atoms with van der Waals surface area (Å²) in [5.74, 6) is -1.70. The third kappa shape index (κ3) is 2.93. The molecule has 3 amide bonds. The Balaban J connectivity index is 2.08. The first-order valence-corrected chi connectivity index (χ1v) is 9.81. The number of anilines is 1. The topological polar surface area (TPSA) is 136 Å². The van der Waals surface area contributed by atoms with Crippen LogP contribution in [0, 0.1) is 0 Å². The number of fused-ring (bicyclic) bond motifs is 1. The van der Waals surface area contributed by atoms with E-state index in [1.165, 1.54) is 18.2 Å². The smallest absolute Gasteiger partial charge is 0.411 e. The number of sulfone groups is 1. The van der Waals surface area contributed by atoms with Gasteiger partial charge >= 0.3 is 6.09 Å². The van der Waals surface area contributed by atoms with E-state index in [9.17, 15) is 22.8 Å². The van der Waals surface area contributed by atoms with Gasteiger partial charge in [-0.2, -0.15) is 0 Å². The van der Waals surface area contributed by atoms with E-state index in [4.69, 9.17) is 10.5 Å². The summed E-state index contributed by atoms with van der Waals surface area (Å²) < 4.78 is 29.8. The normalized spacial score (nSPS) is 26.4. The number of hydrogen-bond acceptors (Lipinski definition) is 6. The summed E-state index contributed by atoms with van der Waals surface area (Å²) in [7, 11) is -4.18. The number of rotatable bonds is 1. The Kier molecular flexibility index (Phi) is 4.22. The van der Waals surface area contributed by atoms with Crippen molar-refractivity contribution in [1.29, 1.82) is 0 Å². The number of carbonyl (C=O) groups excluding carboxylic acids is 3. The van der Waals surface area contributed by atoms with E-state index in [0.29, 0.717) is 0 Å². The van der Waals surface area contributed by atoms with Crippen molar-refractivity contribution in [3.05, 3.63) is 24.3 Å². The summed E-state index contributed by atoms with van der Waals surface area (Å²) in [5.41, 5.74) is 4.69. The largest absolute Gasteiger partial charge is 0.444 e. The minimum Gasteiger partial charge on any atom is -0.444 e. The first-order valence-electron chi connectivity index (χ1n) is 8.33. The second-order valence-electron chi connectivity index (χ2n) is 7.68. The maximum absolute atomic E-state index is 13.3. The predicted octanol–water partition coefficient (Wildman–Crippen LogP) is 0.646. The highest BCUT2D eigenvalue weighted by Crippen LogP contribution is 2.44. The van der Waals surface area contributed by atoms with Gasteiger partial charge in [-0.3, -0.25) is 14.5 Å². The SMILES string of the molecule is CC(C)(C)OC(=O)N1C[C@]2(C[C@H]1C(N)=O)C(=O)Nc1ccccc1S2(=O)=O. The van der Waals surface area contributed by atoms with Crippen LogP contribution in [0.2, 0.25) is 0 Å². The summed E-state index contributed by atoms with van der Waals surface area (Å²) >= 11 is 0. The predicted molar refractivity (Wildman–Crippen MR) is 95.5 cm³/mol. The van der Waals surface area contributed by atoms with Crippen LogP contribution in [0.3, 0.4) is 0 Å². The summed E-state index contributed by atoms with van der Waals surface area (Å²) in [5, 5.41) is 2.57. The average Bonchev–Trinajstić information content (AvgIpc) is 2.95. The van der Waals surface area contributed by atoms with E-state index in [2.05, 4.69) is 5.32 Å². The van der Waals surface area contributed by atoms with E-state index in [1.54, 1.807) is 26.8 Å². The van der Waals surface area contributed by atoms with Crippen LogP contribution in [-0.4, -0.2) is 54.2 Å². The molecule has 2 atom stereocenters. The molecule has 0 saturated carbocycles. The monoisotopic (exact) mass is 395 g/mol. The average molecular weight is 395 g/mol. The number of nitrogens with one attached hydrogen (secondary N) is 1. The number of likely N-dealkylation sites (tertiary alicyclic amines) is 1. The van der Waals surface area contributed by atoms with E-state index >= 15 is 0 Å². The van der Waals surface area contributed by atoms with Gasteiger partial charge in [0.2, 0.25) is 11.8 Å². The molecule has 2 heterocycles. The Morgan fingerprint density at radius 1 is 1.30 bits per heavy atom. The zero-order valence-electron chi connectivity index (χ0n) is 15.2. The molecule has 10 heteroatoms. The number of nitrogens with zero attached hydrogens (tertiary/aromatic N) is 1. The number of para-hydroxylation sites is 1. The molecule has 0 aromatic heterocycles. The van der Waals surface area contributed by atoms with Gasteiger partial charge in [-0.05, 0) is 32.9 Å². The molecule has 2 aliphatic heterocycles. The lowest BCUT2D eigenvalue weighted by Gasteiger charge is -2.33. The van der Waals surface area contributed by atoms with Crippen LogP contribution in [0.5, 0.6) is 0 Å². The molecule has 146 valence electrons. The quantitative estimate of drug-likeness (QED) is 0.716. The molecule has 1 aromatic rings. The molecule has 1 aromatic carbocycles. The van der Waals surface area contributed by atoms with Gasteiger partial charge in [0.15, 0.2) is 14.6 Å². The fourth-order valence-electron chi connectivity index (χ4n) is 3.37. The Morgan fingerprint density at radius 2 is 1.93 bits per heavy atom. The van der Waals surface area contributed by atoms with Crippen molar-refractivity contribution >= 4 is 33.4 Å². The standard InChI is InChI=1S/C17H21N3O6S/c1-16(2,3)26-15(23)20-9-17(8-11(20)13(18)21)14(22)19-10-6-4-5-7-12(10)27(17,24)25/h4-7,11H,8-9H2,1-3H3,(H2,18,21)(H,19,22)/t11-,17+/m0/s1. The molecule has 1 saturated heterocycles. The number of amides is 3. The van der Waals surface area contributed by atoms with Crippen LogP contribution >= 0.6 is 0 Å². The van der Waals surface area contributed by atoms with Crippen molar-refractivity contribution in [2.45, 2.75) is 48.5 Å².